The number of benzene rings is 2. The summed E-state index contributed by atoms with van der Waals surface area (Å²) in [4.78, 5) is 14.9. The maximum absolute atomic E-state index is 12.5. The molecule has 6 nitrogen and oxygen atoms in total. The van der Waals surface area contributed by atoms with Crippen LogP contribution in [0.2, 0.25) is 10.0 Å². The lowest BCUT2D eigenvalue weighted by Crippen LogP contribution is -2.40. The van der Waals surface area contributed by atoms with E-state index >= 15 is 0 Å². The highest BCUT2D eigenvalue weighted by Gasteiger charge is 2.23. The van der Waals surface area contributed by atoms with Crippen molar-refractivity contribution in [3.05, 3.63) is 58.1 Å². The fraction of sp³-hybridized carbons (Fsp3) is 0.409. The standard InChI is InChI=1S/C22H27Cl2N3O3S/c1-16-4-3-11-26(14-16)19-8-5-17(6-9-19)13-25-22(28)15-27(31(2,29)30)21-12-18(23)7-10-20(21)24/h5-10,12,16H,3-4,11,13-15H2,1-2H3,(H,25,28). The van der Waals surface area contributed by atoms with E-state index in [-0.39, 0.29) is 17.3 Å². The predicted octanol–water partition coefficient (Wildman–Crippen LogP) is 4.31. The summed E-state index contributed by atoms with van der Waals surface area (Å²) in [5, 5.41) is 3.31. The lowest BCUT2D eigenvalue weighted by atomic mass is 9.99. The smallest absolute Gasteiger partial charge is 0.241 e. The van der Waals surface area contributed by atoms with Crippen LogP contribution in [0.4, 0.5) is 11.4 Å². The van der Waals surface area contributed by atoms with Crippen molar-refractivity contribution in [2.24, 2.45) is 5.92 Å². The van der Waals surface area contributed by atoms with Crippen molar-refractivity contribution >= 4 is 50.5 Å². The quantitative estimate of drug-likeness (QED) is 0.636. The number of amides is 1. The maximum Gasteiger partial charge on any atom is 0.241 e. The summed E-state index contributed by atoms with van der Waals surface area (Å²) in [7, 11) is -3.73. The van der Waals surface area contributed by atoms with Crippen molar-refractivity contribution in [1.29, 1.82) is 0 Å². The van der Waals surface area contributed by atoms with E-state index in [1.807, 2.05) is 12.1 Å². The van der Waals surface area contributed by atoms with Gasteiger partial charge in [-0.15, -0.1) is 0 Å². The number of anilines is 2. The monoisotopic (exact) mass is 483 g/mol. The molecule has 1 fully saturated rings. The Bertz CT molecular complexity index is 1030. The molecule has 1 amide bonds. The summed E-state index contributed by atoms with van der Waals surface area (Å²) in [6.45, 7) is 4.31. The average molecular weight is 484 g/mol. The van der Waals surface area contributed by atoms with Gasteiger partial charge in [0.25, 0.3) is 0 Å². The summed E-state index contributed by atoms with van der Waals surface area (Å²) in [5.74, 6) is 0.258. The molecule has 168 valence electrons. The summed E-state index contributed by atoms with van der Waals surface area (Å²) >= 11 is 12.1. The van der Waals surface area contributed by atoms with Crippen LogP contribution in [0.1, 0.15) is 25.3 Å². The highest BCUT2D eigenvalue weighted by Crippen LogP contribution is 2.30. The number of rotatable bonds is 7. The normalized spacial score (nSPS) is 16.8. The fourth-order valence-corrected chi connectivity index (χ4v) is 4.99. The van der Waals surface area contributed by atoms with Crippen LogP contribution < -0.4 is 14.5 Å². The second-order valence-corrected chi connectivity index (χ2v) is 10.8. The van der Waals surface area contributed by atoms with Gasteiger partial charge in [-0.05, 0) is 54.7 Å². The van der Waals surface area contributed by atoms with Crippen molar-refractivity contribution in [2.45, 2.75) is 26.3 Å². The van der Waals surface area contributed by atoms with Crippen LogP contribution in [0.5, 0.6) is 0 Å². The van der Waals surface area contributed by atoms with Gasteiger partial charge >= 0.3 is 0 Å². The molecule has 9 heteroatoms. The Morgan fingerprint density at radius 3 is 2.55 bits per heavy atom. The molecule has 0 aliphatic carbocycles. The Hall–Kier alpha value is -1.96. The van der Waals surface area contributed by atoms with E-state index in [1.54, 1.807) is 6.07 Å². The first kappa shape index (κ1) is 23.7. The van der Waals surface area contributed by atoms with Crippen LogP contribution in [0.25, 0.3) is 0 Å². The number of nitrogens with zero attached hydrogens (tertiary/aromatic N) is 2. The zero-order chi connectivity index (χ0) is 22.6. The second kappa shape index (κ2) is 10.1. The van der Waals surface area contributed by atoms with Crippen LogP contribution in [0.3, 0.4) is 0 Å². The van der Waals surface area contributed by atoms with Crippen molar-refractivity contribution in [3.8, 4) is 0 Å². The topological polar surface area (TPSA) is 69.7 Å². The van der Waals surface area contributed by atoms with E-state index in [9.17, 15) is 13.2 Å². The first-order valence-corrected chi connectivity index (χ1v) is 12.8. The van der Waals surface area contributed by atoms with Crippen LogP contribution in [0.15, 0.2) is 42.5 Å². The number of hydrogen-bond acceptors (Lipinski definition) is 4. The number of halogens is 2. The summed E-state index contributed by atoms with van der Waals surface area (Å²) in [6.07, 6.45) is 3.50. The molecule has 31 heavy (non-hydrogen) atoms. The SMILES string of the molecule is CC1CCCN(c2ccc(CNC(=O)CN(c3cc(Cl)ccc3Cl)S(C)(=O)=O)cc2)C1. The molecule has 0 radical (unpaired) electrons. The Kier molecular flexibility index (Phi) is 7.73. The van der Waals surface area contributed by atoms with Crippen molar-refractivity contribution < 1.29 is 13.2 Å². The molecule has 0 spiro atoms. The van der Waals surface area contributed by atoms with Gasteiger partial charge in [0.2, 0.25) is 15.9 Å². The van der Waals surface area contributed by atoms with E-state index in [0.717, 1.165) is 29.2 Å². The molecule has 1 aliphatic heterocycles. The molecule has 0 aromatic heterocycles. The fourth-order valence-electron chi connectivity index (χ4n) is 3.69. The first-order chi connectivity index (χ1) is 14.6. The molecule has 1 aliphatic rings. The van der Waals surface area contributed by atoms with Crippen molar-refractivity contribution in [2.75, 3.05) is 35.1 Å². The minimum Gasteiger partial charge on any atom is -0.371 e. The lowest BCUT2D eigenvalue weighted by Gasteiger charge is -2.32. The average Bonchev–Trinajstić information content (AvgIpc) is 2.72. The van der Waals surface area contributed by atoms with Gasteiger partial charge in [-0.3, -0.25) is 9.10 Å². The summed E-state index contributed by atoms with van der Waals surface area (Å²) < 4.78 is 25.5. The van der Waals surface area contributed by atoms with E-state index in [4.69, 9.17) is 23.2 Å². The van der Waals surface area contributed by atoms with Gasteiger partial charge in [0, 0.05) is 30.3 Å². The highest BCUT2D eigenvalue weighted by atomic mass is 35.5. The Morgan fingerprint density at radius 1 is 1.19 bits per heavy atom. The van der Waals surface area contributed by atoms with Gasteiger partial charge in [-0.25, -0.2) is 8.42 Å². The highest BCUT2D eigenvalue weighted by molar-refractivity contribution is 7.92. The Labute approximate surface area is 194 Å². The largest absolute Gasteiger partial charge is 0.371 e. The van der Waals surface area contributed by atoms with Crippen molar-refractivity contribution in [3.63, 3.8) is 0 Å². The van der Waals surface area contributed by atoms with Gasteiger partial charge in [-0.1, -0.05) is 42.3 Å². The maximum atomic E-state index is 12.5. The molecule has 3 rings (SSSR count). The van der Waals surface area contributed by atoms with Crippen LogP contribution in [0, 0.1) is 5.92 Å². The van der Waals surface area contributed by atoms with E-state index in [2.05, 4.69) is 29.3 Å². The third-order valence-electron chi connectivity index (χ3n) is 5.31. The molecular weight excluding hydrogens is 457 g/mol. The Balaban J connectivity index is 1.62. The van der Waals surface area contributed by atoms with E-state index < -0.39 is 15.9 Å². The lowest BCUT2D eigenvalue weighted by molar-refractivity contribution is -0.119. The second-order valence-electron chi connectivity index (χ2n) is 8.00. The van der Waals surface area contributed by atoms with Gasteiger partial charge in [0.1, 0.15) is 6.54 Å². The summed E-state index contributed by atoms with van der Waals surface area (Å²) in [6, 6.07) is 12.6. The Morgan fingerprint density at radius 2 is 1.90 bits per heavy atom. The minimum absolute atomic E-state index is 0.173. The third kappa shape index (κ3) is 6.51. The van der Waals surface area contributed by atoms with Gasteiger partial charge in [0.05, 0.1) is 17.0 Å². The number of carbonyl (C=O) groups excluding carboxylic acids is 1. The molecule has 1 heterocycles. The molecule has 2 aromatic carbocycles. The van der Waals surface area contributed by atoms with Crippen LogP contribution in [-0.2, 0) is 21.4 Å². The predicted molar refractivity (Wildman–Crippen MR) is 128 cm³/mol. The zero-order valence-electron chi connectivity index (χ0n) is 17.6. The first-order valence-electron chi connectivity index (χ1n) is 10.2. The number of nitrogens with one attached hydrogen (secondary N) is 1. The number of hydrogen-bond donors (Lipinski definition) is 1. The van der Waals surface area contributed by atoms with Gasteiger partial charge in [-0.2, -0.15) is 0 Å². The number of piperidine rings is 1. The summed E-state index contributed by atoms with van der Waals surface area (Å²) in [5.41, 5.74) is 2.29. The number of sulfonamides is 1. The molecule has 0 bridgehead atoms. The molecule has 1 atom stereocenters. The van der Waals surface area contributed by atoms with Crippen molar-refractivity contribution in [1.82, 2.24) is 5.32 Å². The molecule has 2 aromatic rings. The van der Waals surface area contributed by atoms with E-state index in [0.29, 0.717) is 17.5 Å². The van der Waals surface area contributed by atoms with Crippen LogP contribution in [-0.4, -0.2) is 40.2 Å². The van der Waals surface area contributed by atoms with Gasteiger partial charge < -0.3 is 10.2 Å². The van der Waals surface area contributed by atoms with E-state index in [1.165, 1.54) is 30.7 Å². The molecule has 0 saturated carbocycles. The molecule has 1 N–H and O–H groups in total. The van der Waals surface area contributed by atoms with Crippen LogP contribution >= 0.6 is 23.2 Å². The zero-order valence-corrected chi connectivity index (χ0v) is 20.0. The number of carbonyl (C=O) groups is 1. The molecule has 1 unspecified atom stereocenters. The molecular formula is C22H27Cl2N3O3S. The van der Waals surface area contributed by atoms with Gasteiger partial charge in [0.15, 0.2) is 0 Å². The molecule has 1 saturated heterocycles. The third-order valence-corrected chi connectivity index (χ3v) is 6.99. The minimum atomic E-state index is -3.73.